The lowest BCUT2D eigenvalue weighted by atomic mass is 9.95. The molecule has 0 aliphatic heterocycles. The van der Waals surface area contributed by atoms with E-state index in [1.807, 2.05) is 0 Å². The van der Waals surface area contributed by atoms with Crippen molar-refractivity contribution in [1.29, 1.82) is 0 Å². The van der Waals surface area contributed by atoms with Crippen LogP contribution in [-0.4, -0.2) is 24.1 Å². The lowest BCUT2D eigenvalue weighted by molar-refractivity contribution is 0.0846. The molecular weight excluding hydrogens is 365 g/mol. The molecule has 122 valence electrons. The van der Waals surface area contributed by atoms with Crippen LogP contribution in [-0.2, 0) is 18.2 Å². The maximum Gasteiger partial charge on any atom is 0.253 e. The van der Waals surface area contributed by atoms with Crippen molar-refractivity contribution in [2.45, 2.75) is 13.3 Å². The van der Waals surface area contributed by atoms with Crippen molar-refractivity contribution >= 4 is 21.7 Å². The average molecular weight is 382 g/mol. The number of Topliss-reactive ketones (excluding diaryl/α,β-unsaturated/α-hetero) is 1. The summed E-state index contributed by atoms with van der Waals surface area (Å²) in [6.07, 6.45) is 1.66. The van der Waals surface area contributed by atoms with Gasteiger partial charge in [-0.2, -0.15) is 0 Å². The number of hydrogen-bond acceptors (Lipinski definition) is 3. The molecule has 0 unspecified atom stereocenters. The van der Waals surface area contributed by atoms with E-state index in [1.54, 1.807) is 26.1 Å². The van der Waals surface area contributed by atoms with E-state index in [0.717, 1.165) is 0 Å². The number of ketones is 1. The van der Waals surface area contributed by atoms with Gasteiger partial charge in [0.1, 0.15) is 12.4 Å². The number of carbonyl (C=O) groups excluding carboxylic acids is 1. The molecule has 1 aromatic carbocycles. The molecule has 0 N–H and O–H groups in total. The monoisotopic (exact) mass is 381 g/mol. The zero-order valence-corrected chi connectivity index (χ0v) is 14.7. The van der Waals surface area contributed by atoms with E-state index in [9.17, 15) is 14.0 Å². The van der Waals surface area contributed by atoms with E-state index in [4.69, 9.17) is 4.74 Å². The van der Waals surface area contributed by atoms with Crippen LogP contribution in [0.2, 0.25) is 0 Å². The number of carbonyl (C=O) groups is 1. The molecule has 0 bridgehead atoms. The third-order valence-corrected chi connectivity index (χ3v) is 4.19. The minimum atomic E-state index is -0.385. The van der Waals surface area contributed by atoms with Gasteiger partial charge in [0, 0.05) is 42.4 Å². The third-order valence-electron chi connectivity index (χ3n) is 3.70. The molecule has 1 heterocycles. The van der Waals surface area contributed by atoms with E-state index in [2.05, 4.69) is 15.9 Å². The largest absolute Gasteiger partial charge is 0.377 e. The van der Waals surface area contributed by atoms with E-state index in [0.29, 0.717) is 26.7 Å². The topological polar surface area (TPSA) is 48.3 Å². The highest BCUT2D eigenvalue weighted by Crippen LogP contribution is 2.21. The number of hydrogen-bond donors (Lipinski definition) is 0. The van der Waals surface area contributed by atoms with Gasteiger partial charge >= 0.3 is 0 Å². The minimum absolute atomic E-state index is 0.0898. The molecule has 2 aromatic rings. The van der Waals surface area contributed by atoms with Gasteiger partial charge in [-0.25, -0.2) is 4.39 Å². The Morgan fingerprint density at radius 2 is 2.09 bits per heavy atom. The van der Waals surface area contributed by atoms with Gasteiger partial charge in [-0.05, 0) is 30.2 Å². The summed E-state index contributed by atoms with van der Waals surface area (Å²) >= 11 is 3.21. The maximum atomic E-state index is 14.1. The molecule has 0 fully saturated rings. The smallest absolute Gasteiger partial charge is 0.253 e. The quantitative estimate of drug-likeness (QED) is 0.747. The second kappa shape index (κ2) is 7.19. The number of halogens is 2. The summed E-state index contributed by atoms with van der Waals surface area (Å²) in [4.78, 5) is 24.4. The van der Waals surface area contributed by atoms with Crippen molar-refractivity contribution in [1.82, 2.24) is 4.57 Å². The standard InChI is InChI=1S/C17H17BrFNO3/c1-10-13(6-11-4-5-12(18)7-15(11)19)14(16(21)9-23-3)8-20(2)17(10)22/h4-5,7-8H,6,9H2,1-3H3. The summed E-state index contributed by atoms with van der Waals surface area (Å²) in [7, 11) is 3.02. The van der Waals surface area contributed by atoms with Crippen molar-refractivity contribution in [3.05, 3.63) is 67.3 Å². The van der Waals surface area contributed by atoms with Crippen molar-refractivity contribution in [2.24, 2.45) is 7.05 Å². The fourth-order valence-corrected chi connectivity index (χ4v) is 2.79. The summed E-state index contributed by atoms with van der Waals surface area (Å²) in [5.41, 5.74) is 1.59. The van der Waals surface area contributed by atoms with Gasteiger partial charge in [0.25, 0.3) is 5.56 Å². The van der Waals surface area contributed by atoms with Crippen LogP contribution in [0.25, 0.3) is 0 Å². The summed E-state index contributed by atoms with van der Waals surface area (Å²) in [5, 5.41) is 0. The highest BCUT2D eigenvalue weighted by atomic mass is 79.9. The van der Waals surface area contributed by atoms with Crippen LogP contribution >= 0.6 is 15.9 Å². The highest BCUT2D eigenvalue weighted by Gasteiger charge is 2.18. The molecule has 0 saturated heterocycles. The third kappa shape index (κ3) is 3.76. The summed E-state index contributed by atoms with van der Waals surface area (Å²) in [6.45, 7) is 1.56. The predicted molar refractivity (Wildman–Crippen MR) is 89.5 cm³/mol. The lowest BCUT2D eigenvalue weighted by Gasteiger charge is -2.14. The van der Waals surface area contributed by atoms with Crippen LogP contribution in [0, 0.1) is 12.7 Å². The Morgan fingerprint density at radius 3 is 2.70 bits per heavy atom. The van der Waals surface area contributed by atoms with Gasteiger partial charge in [0.05, 0.1) is 0 Å². The highest BCUT2D eigenvalue weighted by molar-refractivity contribution is 9.10. The Morgan fingerprint density at radius 1 is 1.39 bits per heavy atom. The van der Waals surface area contributed by atoms with Crippen LogP contribution in [0.4, 0.5) is 4.39 Å². The number of aryl methyl sites for hydroxylation is 1. The molecule has 4 nitrogen and oxygen atoms in total. The normalized spacial score (nSPS) is 10.8. The maximum absolute atomic E-state index is 14.1. The molecule has 0 radical (unpaired) electrons. The second-order valence-corrected chi connectivity index (χ2v) is 6.25. The first kappa shape index (κ1) is 17.6. The van der Waals surface area contributed by atoms with E-state index in [-0.39, 0.29) is 30.2 Å². The number of rotatable bonds is 5. The van der Waals surface area contributed by atoms with Crippen LogP contribution < -0.4 is 5.56 Å². The SMILES string of the molecule is COCC(=O)c1cn(C)c(=O)c(C)c1Cc1ccc(Br)cc1F. The van der Waals surface area contributed by atoms with E-state index >= 15 is 0 Å². The number of methoxy groups -OCH3 is 1. The Kier molecular flexibility index (Phi) is 5.49. The van der Waals surface area contributed by atoms with Crippen LogP contribution in [0.15, 0.2) is 33.7 Å². The van der Waals surface area contributed by atoms with E-state index in [1.165, 1.54) is 23.9 Å². The van der Waals surface area contributed by atoms with Crippen LogP contribution in [0.3, 0.4) is 0 Å². The zero-order valence-electron chi connectivity index (χ0n) is 13.2. The second-order valence-electron chi connectivity index (χ2n) is 5.33. The fraction of sp³-hybridized carbons (Fsp3) is 0.294. The molecule has 0 aliphatic rings. The molecule has 23 heavy (non-hydrogen) atoms. The summed E-state index contributed by atoms with van der Waals surface area (Å²) < 4.78 is 21.0. The number of aromatic nitrogens is 1. The summed E-state index contributed by atoms with van der Waals surface area (Å²) in [6, 6.07) is 4.73. The number of ether oxygens (including phenoxy) is 1. The average Bonchev–Trinajstić information content (AvgIpc) is 2.50. The molecule has 0 amide bonds. The van der Waals surface area contributed by atoms with Gasteiger partial charge in [-0.15, -0.1) is 0 Å². The molecular formula is C17H17BrFNO3. The Balaban J connectivity index is 2.57. The molecule has 6 heteroatoms. The Bertz CT molecular complexity index is 814. The van der Waals surface area contributed by atoms with Crippen molar-refractivity contribution in [2.75, 3.05) is 13.7 Å². The first-order valence-corrected chi connectivity index (χ1v) is 7.79. The fourth-order valence-electron chi connectivity index (χ4n) is 2.46. The Labute approximate surface area is 142 Å². The van der Waals surface area contributed by atoms with Crippen LogP contribution in [0.5, 0.6) is 0 Å². The number of nitrogens with zero attached hydrogens (tertiary/aromatic N) is 1. The first-order chi connectivity index (χ1) is 10.8. The molecule has 2 rings (SSSR count). The molecule has 1 aromatic heterocycles. The van der Waals surface area contributed by atoms with Gasteiger partial charge in [0.2, 0.25) is 0 Å². The number of pyridine rings is 1. The molecule has 0 spiro atoms. The zero-order chi connectivity index (χ0) is 17.1. The molecule has 0 atom stereocenters. The number of benzene rings is 1. The lowest BCUT2D eigenvalue weighted by Crippen LogP contribution is -2.25. The molecule has 0 aliphatic carbocycles. The van der Waals surface area contributed by atoms with Gasteiger partial charge in [-0.1, -0.05) is 22.0 Å². The molecule has 0 saturated carbocycles. The predicted octanol–water partition coefficient (Wildman–Crippen LogP) is 3.02. The van der Waals surface area contributed by atoms with Crippen LogP contribution in [0.1, 0.15) is 27.0 Å². The van der Waals surface area contributed by atoms with Crippen molar-refractivity contribution in [3.8, 4) is 0 Å². The van der Waals surface area contributed by atoms with Gasteiger partial charge in [-0.3, -0.25) is 9.59 Å². The van der Waals surface area contributed by atoms with Gasteiger partial charge < -0.3 is 9.30 Å². The summed E-state index contributed by atoms with van der Waals surface area (Å²) in [5.74, 6) is -0.622. The van der Waals surface area contributed by atoms with E-state index < -0.39 is 0 Å². The van der Waals surface area contributed by atoms with Gasteiger partial charge in [0.15, 0.2) is 5.78 Å². The Hall–Kier alpha value is -1.79. The first-order valence-electron chi connectivity index (χ1n) is 7.00. The van der Waals surface area contributed by atoms with Crippen molar-refractivity contribution in [3.63, 3.8) is 0 Å². The van der Waals surface area contributed by atoms with Crippen molar-refractivity contribution < 1.29 is 13.9 Å². The minimum Gasteiger partial charge on any atom is -0.377 e.